The minimum Gasteiger partial charge on any atom is -0.345 e. The summed E-state index contributed by atoms with van der Waals surface area (Å²) in [4.78, 5) is 24.8. The second-order valence-electron chi connectivity index (χ2n) is 6.53. The van der Waals surface area contributed by atoms with Crippen molar-refractivity contribution in [2.24, 2.45) is 5.92 Å². The molecule has 0 saturated heterocycles. The summed E-state index contributed by atoms with van der Waals surface area (Å²) in [6.45, 7) is 2.04. The molecule has 1 saturated carbocycles. The lowest BCUT2D eigenvalue weighted by molar-refractivity contribution is 0.0931. The van der Waals surface area contributed by atoms with Gasteiger partial charge in [0.2, 0.25) is 0 Å². The van der Waals surface area contributed by atoms with Crippen LogP contribution in [0.2, 0.25) is 0 Å². The molecule has 3 aromatic rings. The lowest BCUT2D eigenvalue weighted by Gasteiger charge is -2.19. The molecule has 25 heavy (non-hydrogen) atoms. The van der Waals surface area contributed by atoms with Crippen LogP contribution in [-0.4, -0.2) is 20.9 Å². The van der Waals surface area contributed by atoms with E-state index in [1.54, 1.807) is 12.4 Å². The van der Waals surface area contributed by atoms with Gasteiger partial charge < -0.3 is 10.3 Å². The molecule has 0 bridgehead atoms. The molecule has 1 aromatic carbocycles. The van der Waals surface area contributed by atoms with Crippen LogP contribution in [-0.2, 0) is 0 Å². The Morgan fingerprint density at radius 3 is 2.76 bits per heavy atom. The van der Waals surface area contributed by atoms with Gasteiger partial charge in [-0.25, -0.2) is 4.98 Å². The Kier molecular flexibility index (Phi) is 4.06. The molecule has 2 heterocycles. The zero-order valence-electron chi connectivity index (χ0n) is 14.1. The van der Waals surface area contributed by atoms with Gasteiger partial charge in [-0.2, -0.15) is 0 Å². The van der Waals surface area contributed by atoms with E-state index in [4.69, 9.17) is 0 Å². The number of carbonyl (C=O) groups is 1. The van der Waals surface area contributed by atoms with E-state index >= 15 is 0 Å². The number of H-pyrrole nitrogens is 1. The van der Waals surface area contributed by atoms with Crippen LogP contribution < -0.4 is 5.32 Å². The summed E-state index contributed by atoms with van der Waals surface area (Å²) >= 11 is 0. The van der Waals surface area contributed by atoms with E-state index in [0.29, 0.717) is 17.3 Å². The number of hydrogen-bond donors (Lipinski definition) is 2. The summed E-state index contributed by atoms with van der Waals surface area (Å²) in [5, 5.41) is 3.20. The van der Waals surface area contributed by atoms with Crippen LogP contribution >= 0.6 is 0 Å². The highest BCUT2D eigenvalue weighted by Crippen LogP contribution is 2.40. The van der Waals surface area contributed by atoms with Crippen molar-refractivity contribution in [3.05, 3.63) is 71.8 Å². The molecule has 2 aromatic heterocycles. The third-order valence-electron chi connectivity index (χ3n) is 4.56. The monoisotopic (exact) mass is 332 g/mol. The first-order valence-corrected chi connectivity index (χ1v) is 8.54. The summed E-state index contributed by atoms with van der Waals surface area (Å²) in [6.07, 6.45) is 7.51. The molecule has 5 heteroatoms. The molecule has 1 aliphatic rings. The predicted molar refractivity (Wildman–Crippen MR) is 95.9 cm³/mol. The second-order valence-corrected chi connectivity index (χ2v) is 6.53. The smallest absolute Gasteiger partial charge is 0.252 e. The molecule has 4 rings (SSSR count). The zero-order valence-corrected chi connectivity index (χ0v) is 14.1. The van der Waals surface area contributed by atoms with Gasteiger partial charge in [0.25, 0.3) is 5.91 Å². The Morgan fingerprint density at radius 2 is 2.04 bits per heavy atom. The van der Waals surface area contributed by atoms with Gasteiger partial charge in [0, 0.05) is 24.2 Å². The van der Waals surface area contributed by atoms with Gasteiger partial charge in [-0.05, 0) is 49.4 Å². The fraction of sp³-hybridized carbons (Fsp3) is 0.250. The maximum Gasteiger partial charge on any atom is 0.252 e. The third kappa shape index (κ3) is 3.31. The highest BCUT2D eigenvalue weighted by atomic mass is 16.1. The van der Waals surface area contributed by atoms with E-state index in [9.17, 15) is 4.79 Å². The van der Waals surface area contributed by atoms with E-state index in [2.05, 4.69) is 26.3 Å². The SMILES string of the molecule is Cc1ccnc(C(NC(=O)c2ccccc2-c2ncc[nH]2)C2CC2)c1. The lowest BCUT2D eigenvalue weighted by atomic mass is 10.0. The van der Waals surface area contributed by atoms with Crippen molar-refractivity contribution in [3.63, 3.8) is 0 Å². The average molecular weight is 332 g/mol. The number of aromatic nitrogens is 3. The van der Waals surface area contributed by atoms with Crippen molar-refractivity contribution in [2.75, 3.05) is 0 Å². The Labute approximate surface area is 146 Å². The predicted octanol–water partition coefficient (Wildman–Crippen LogP) is 3.66. The number of pyridine rings is 1. The molecule has 1 atom stereocenters. The molecule has 126 valence electrons. The van der Waals surface area contributed by atoms with Gasteiger partial charge in [-0.15, -0.1) is 0 Å². The van der Waals surface area contributed by atoms with Crippen molar-refractivity contribution in [1.82, 2.24) is 20.3 Å². The van der Waals surface area contributed by atoms with Gasteiger partial charge in [0.05, 0.1) is 17.3 Å². The molecular formula is C20H20N4O. The van der Waals surface area contributed by atoms with Crippen molar-refractivity contribution in [3.8, 4) is 11.4 Å². The van der Waals surface area contributed by atoms with Crippen molar-refractivity contribution in [1.29, 1.82) is 0 Å². The standard InChI is InChI=1S/C20H20N4O/c1-13-8-9-21-17(12-13)18(14-6-7-14)24-20(25)16-5-3-2-4-15(16)19-22-10-11-23-19/h2-5,8-12,14,18H,6-7H2,1H3,(H,22,23)(H,24,25). The van der Waals surface area contributed by atoms with Gasteiger partial charge in [0.15, 0.2) is 0 Å². The normalized spacial score (nSPS) is 14.9. The second kappa shape index (κ2) is 6.51. The Hall–Kier alpha value is -2.95. The minimum absolute atomic E-state index is 0.0444. The van der Waals surface area contributed by atoms with Crippen LogP contribution in [0.1, 0.15) is 40.5 Å². The number of amides is 1. The first kappa shape index (κ1) is 15.6. The van der Waals surface area contributed by atoms with Crippen LogP contribution in [0.5, 0.6) is 0 Å². The number of rotatable bonds is 5. The van der Waals surface area contributed by atoms with Gasteiger partial charge in [-0.3, -0.25) is 9.78 Å². The number of nitrogens with zero attached hydrogens (tertiary/aromatic N) is 2. The number of aromatic amines is 1. The zero-order chi connectivity index (χ0) is 17.2. The number of benzene rings is 1. The number of nitrogens with one attached hydrogen (secondary N) is 2. The fourth-order valence-corrected chi connectivity index (χ4v) is 3.11. The topological polar surface area (TPSA) is 70.7 Å². The van der Waals surface area contributed by atoms with Crippen LogP contribution in [0.4, 0.5) is 0 Å². The van der Waals surface area contributed by atoms with Crippen molar-refractivity contribution < 1.29 is 4.79 Å². The summed E-state index contributed by atoms with van der Waals surface area (Å²) in [5.41, 5.74) is 3.51. The molecule has 5 nitrogen and oxygen atoms in total. The first-order chi connectivity index (χ1) is 12.2. The first-order valence-electron chi connectivity index (χ1n) is 8.54. The van der Waals surface area contributed by atoms with Gasteiger partial charge >= 0.3 is 0 Å². The molecule has 0 aliphatic heterocycles. The van der Waals surface area contributed by atoms with Gasteiger partial charge in [-0.1, -0.05) is 18.2 Å². The van der Waals surface area contributed by atoms with E-state index in [-0.39, 0.29) is 11.9 Å². The van der Waals surface area contributed by atoms with E-state index < -0.39 is 0 Å². The quantitative estimate of drug-likeness (QED) is 0.749. The van der Waals surface area contributed by atoms with Crippen molar-refractivity contribution >= 4 is 5.91 Å². The molecule has 0 radical (unpaired) electrons. The van der Waals surface area contributed by atoms with Crippen LogP contribution in [0.25, 0.3) is 11.4 Å². The molecule has 1 unspecified atom stereocenters. The fourth-order valence-electron chi connectivity index (χ4n) is 3.11. The molecular weight excluding hydrogens is 312 g/mol. The Morgan fingerprint density at radius 1 is 1.20 bits per heavy atom. The number of imidazole rings is 1. The maximum atomic E-state index is 13.0. The molecule has 0 spiro atoms. The molecule has 2 N–H and O–H groups in total. The van der Waals surface area contributed by atoms with Crippen LogP contribution in [0.3, 0.4) is 0 Å². The third-order valence-corrected chi connectivity index (χ3v) is 4.56. The van der Waals surface area contributed by atoms with E-state index in [0.717, 1.165) is 29.7 Å². The number of hydrogen-bond acceptors (Lipinski definition) is 3. The summed E-state index contributed by atoms with van der Waals surface area (Å²) in [6, 6.07) is 11.5. The Balaban J connectivity index is 1.63. The largest absolute Gasteiger partial charge is 0.345 e. The van der Waals surface area contributed by atoms with Gasteiger partial charge in [0.1, 0.15) is 5.82 Å². The van der Waals surface area contributed by atoms with Crippen LogP contribution in [0, 0.1) is 12.8 Å². The molecule has 1 fully saturated rings. The number of carbonyl (C=O) groups excluding carboxylic acids is 1. The van der Waals surface area contributed by atoms with Crippen LogP contribution in [0.15, 0.2) is 55.0 Å². The molecule has 1 aliphatic carbocycles. The minimum atomic E-state index is -0.0905. The lowest BCUT2D eigenvalue weighted by Crippen LogP contribution is -2.31. The summed E-state index contributed by atoms with van der Waals surface area (Å²) in [5.74, 6) is 1.07. The summed E-state index contributed by atoms with van der Waals surface area (Å²) in [7, 11) is 0. The van der Waals surface area contributed by atoms with Crippen molar-refractivity contribution in [2.45, 2.75) is 25.8 Å². The maximum absolute atomic E-state index is 13.0. The summed E-state index contributed by atoms with van der Waals surface area (Å²) < 4.78 is 0. The highest BCUT2D eigenvalue weighted by molar-refractivity contribution is 6.00. The van der Waals surface area contributed by atoms with E-state index in [1.165, 1.54) is 0 Å². The number of aryl methyl sites for hydroxylation is 1. The molecule has 1 amide bonds. The Bertz CT molecular complexity index is 884. The van der Waals surface area contributed by atoms with E-state index in [1.807, 2.05) is 43.5 Å². The average Bonchev–Trinajstić information content (AvgIpc) is 3.32. The highest BCUT2D eigenvalue weighted by Gasteiger charge is 2.34.